The lowest BCUT2D eigenvalue weighted by Gasteiger charge is -2.24. The van der Waals surface area contributed by atoms with Gasteiger partial charge in [0.1, 0.15) is 0 Å². The number of nitrogens with zero attached hydrogens (tertiary/aromatic N) is 2. The molecule has 2 nitrogen and oxygen atoms in total. The van der Waals surface area contributed by atoms with Crippen molar-refractivity contribution >= 4 is 17.5 Å². The second-order valence-electron chi connectivity index (χ2n) is 12.3. The fourth-order valence-corrected chi connectivity index (χ4v) is 5.23. The molecule has 0 saturated heterocycles. The maximum atomic E-state index is 4.09. The standard InChI is InChI=1S/C29H23N.C16H23N/c1-22-10-8-14-26(20-22)30(27-15-9-11-23(2)21-27)19-18-25-13-5-7-17-29(25)28-16-6-4-12-24(28)3;1-13(2)8-6-10-15(4)17(5)16-11-7-9-14(3)12-16/h5-8,10,13-21H,1-3H3;6-8,10-12,14H,4,9H2,1-3,5H3/b19-18+;10-6-. The molecule has 0 radical (unpaired) electrons. The van der Waals surface area contributed by atoms with Gasteiger partial charge >= 0.3 is 0 Å². The molecule has 0 heterocycles. The summed E-state index contributed by atoms with van der Waals surface area (Å²) in [6.45, 7) is 16.7. The Hall–Kier alpha value is -5.44. The molecule has 47 heavy (non-hydrogen) atoms. The Labute approximate surface area is 284 Å². The second-order valence-corrected chi connectivity index (χ2v) is 12.3. The molecule has 2 heteroatoms. The van der Waals surface area contributed by atoms with Crippen LogP contribution >= 0.6 is 0 Å². The van der Waals surface area contributed by atoms with E-state index in [1.807, 2.05) is 31.2 Å². The first kappa shape index (κ1) is 34.4. The minimum atomic E-state index is 0.618. The van der Waals surface area contributed by atoms with Gasteiger partial charge in [-0.25, -0.2) is 0 Å². The minimum Gasteiger partial charge on any atom is -0.345 e. The molecule has 0 amide bonds. The molecule has 0 aliphatic heterocycles. The lowest BCUT2D eigenvalue weighted by Crippen LogP contribution is -2.16. The minimum absolute atomic E-state index is 0.618. The zero-order valence-electron chi connectivity index (χ0n) is 28.9. The van der Waals surface area contributed by atoms with E-state index in [1.54, 1.807) is 0 Å². The van der Waals surface area contributed by atoms with Crippen LogP contribution in [-0.4, -0.2) is 11.9 Å². The summed E-state index contributed by atoms with van der Waals surface area (Å²) in [5, 5.41) is 0. The van der Waals surface area contributed by atoms with Crippen molar-refractivity contribution in [2.24, 2.45) is 5.92 Å². The highest BCUT2D eigenvalue weighted by molar-refractivity contribution is 5.79. The van der Waals surface area contributed by atoms with Gasteiger partial charge in [0.25, 0.3) is 0 Å². The highest BCUT2D eigenvalue weighted by Crippen LogP contribution is 2.30. The molecule has 4 aromatic rings. The molecule has 0 spiro atoms. The summed E-state index contributed by atoms with van der Waals surface area (Å²) in [5.41, 5.74) is 12.6. The SMILES string of the molecule is C=C(/C=C\C=C(C)C)N(C)C1=CC(C)CC=C1.Cc1c#ccc(N(/C=C/c2ccccc2-c2ccc#cc2C)c2cccc(C)c2)c1. The number of rotatable bonds is 9. The summed E-state index contributed by atoms with van der Waals surface area (Å²) >= 11 is 0. The van der Waals surface area contributed by atoms with Crippen LogP contribution in [0.15, 0.2) is 139 Å². The van der Waals surface area contributed by atoms with Crippen LogP contribution in [0.2, 0.25) is 0 Å². The van der Waals surface area contributed by atoms with Gasteiger partial charge in [0.05, 0.1) is 5.69 Å². The van der Waals surface area contributed by atoms with Gasteiger partial charge in [0.2, 0.25) is 0 Å². The third kappa shape index (κ3) is 10.0. The van der Waals surface area contributed by atoms with Gasteiger partial charge in [-0.05, 0) is 118 Å². The van der Waals surface area contributed by atoms with Crippen LogP contribution in [0.4, 0.5) is 11.4 Å². The Morgan fingerprint density at radius 1 is 0.915 bits per heavy atom. The van der Waals surface area contributed by atoms with Gasteiger partial charge in [-0.1, -0.05) is 104 Å². The normalized spacial score (nSPS) is 13.6. The second kappa shape index (κ2) is 16.7. The first-order valence-corrected chi connectivity index (χ1v) is 16.2. The van der Waals surface area contributed by atoms with Crippen molar-refractivity contribution in [3.63, 3.8) is 0 Å². The fourth-order valence-electron chi connectivity index (χ4n) is 5.23. The van der Waals surface area contributed by atoms with Crippen LogP contribution in [0.5, 0.6) is 0 Å². The third-order valence-electron chi connectivity index (χ3n) is 7.85. The molecule has 0 fully saturated rings. The highest BCUT2D eigenvalue weighted by atomic mass is 15.1. The molecule has 1 aliphatic carbocycles. The molecule has 0 bridgehead atoms. The van der Waals surface area contributed by atoms with Crippen LogP contribution in [0, 0.1) is 51.0 Å². The van der Waals surface area contributed by atoms with E-state index in [1.165, 1.54) is 28.0 Å². The molecule has 0 saturated carbocycles. The van der Waals surface area contributed by atoms with Gasteiger partial charge < -0.3 is 9.80 Å². The van der Waals surface area contributed by atoms with Crippen molar-refractivity contribution in [1.82, 2.24) is 4.90 Å². The summed E-state index contributed by atoms with van der Waals surface area (Å²) in [6, 6.07) is 37.6. The molecular formula is C45H46N2. The van der Waals surface area contributed by atoms with Gasteiger partial charge in [0, 0.05) is 47.5 Å². The average Bonchev–Trinajstić information content (AvgIpc) is 3.05. The number of hydrogen-bond acceptors (Lipinski definition) is 2. The van der Waals surface area contributed by atoms with E-state index in [0.29, 0.717) is 5.92 Å². The van der Waals surface area contributed by atoms with Crippen LogP contribution in [-0.2, 0) is 0 Å². The van der Waals surface area contributed by atoms with Crippen LogP contribution in [0.25, 0.3) is 17.2 Å². The molecule has 0 N–H and O–H groups in total. The largest absolute Gasteiger partial charge is 0.345 e. The molecule has 1 aliphatic rings. The first-order valence-electron chi connectivity index (χ1n) is 16.2. The van der Waals surface area contributed by atoms with E-state index in [-0.39, 0.29) is 0 Å². The van der Waals surface area contributed by atoms with Gasteiger partial charge in [-0.15, -0.1) is 0 Å². The van der Waals surface area contributed by atoms with Crippen LogP contribution in [0.3, 0.4) is 0 Å². The Kier molecular flexibility index (Phi) is 12.3. The summed E-state index contributed by atoms with van der Waals surface area (Å²) in [4.78, 5) is 4.32. The molecule has 236 valence electrons. The summed E-state index contributed by atoms with van der Waals surface area (Å²) in [5.74, 6) is 0.618. The quantitative estimate of drug-likeness (QED) is 0.173. The van der Waals surface area contributed by atoms with E-state index >= 15 is 0 Å². The molecule has 0 aromatic heterocycles. The zero-order valence-corrected chi connectivity index (χ0v) is 28.9. The van der Waals surface area contributed by atoms with Crippen molar-refractivity contribution in [2.75, 3.05) is 11.9 Å². The van der Waals surface area contributed by atoms with Gasteiger partial charge in [0.15, 0.2) is 0 Å². The lowest BCUT2D eigenvalue weighted by atomic mass is 9.97. The average molecular weight is 615 g/mol. The van der Waals surface area contributed by atoms with Crippen molar-refractivity contribution in [3.8, 4) is 11.1 Å². The number of likely N-dealkylation sites (N-methyl/N-ethyl adjacent to an activating group) is 1. The molecular weight excluding hydrogens is 569 g/mol. The predicted octanol–water partition coefficient (Wildman–Crippen LogP) is 11.7. The topological polar surface area (TPSA) is 6.48 Å². The van der Waals surface area contributed by atoms with E-state index in [4.69, 9.17) is 0 Å². The summed E-state index contributed by atoms with van der Waals surface area (Å²) in [7, 11) is 2.06. The van der Waals surface area contributed by atoms with E-state index in [0.717, 1.165) is 40.2 Å². The number of aryl methyl sites for hydroxylation is 2. The first-order chi connectivity index (χ1) is 22.6. The van der Waals surface area contributed by atoms with Crippen molar-refractivity contribution < 1.29 is 0 Å². The smallest absolute Gasteiger partial charge is 0.0548 e. The Balaban J connectivity index is 0.000000251. The maximum Gasteiger partial charge on any atom is 0.0548 e. The van der Waals surface area contributed by atoms with Crippen molar-refractivity contribution in [3.05, 3.63) is 186 Å². The van der Waals surface area contributed by atoms with Gasteiger partial charge in [-0.2, -0.15) is 0 Å². The van der Waals surface area contributed by atoms with Crippen molar-refractivity contribution in [2.45, 2.75) is 48.0 Å². The molecule has 5 rings (SSSR count). The fraction of sp³-hybridized carbons (Fsp3) is 0.200. The van der Waals surface area contributed by atoms with Gasteiger partial charge in [-0.3, -0.25) is 0 Å². The van der Waals surface area contributed by atoms with Crippen LogP contribution in [0.1, 0.15) is 49.4 Å². The molecule has 1 atom stereocenters. The predicted molar refractivity (Wildman–Crippen MR) is 202 cm³/mol. The lowest BCUT2D eigenvalue weighted by molar-refractivity contribution is 0.537. The monoisotopic (exact) mass is 614 g/mol. The number of benzene rings is 2. The third-order valence-corrected chi connectivity index (χ3v) is 7.85. The van der Waals surface area contributed by atoms with Crippen molar-refractivity contribution in [1.29, 1.82) is 0 Å². The maximum absolute atomic E-state index is 4.09. The zero-order chi connectivity index (χ0) is 33.8. The summed E-state index contributed by atoms with van der Waals surface area (Å²) < 4.78 is 0. The van der Waals surface area contributed by atoms with E-state index in [2.05, 4.69) is 180 Å². The highest BCUT2D eigenvalue weighted by Gasteiger charge is 2.10. The molecule has 4 aromatic carbocycles. The summed E-state index contributed by atoms with van der Waals surface area (Å²) in [6.07, 6.45) is 18.3. The Morgan fingerprint density at radius 2 is 1.72 bits per heavy atom. The Bertz CT molecular complexity index is 1760. The Morgan fingerprint density at radius 3 is 2.45 bits per heavy atom. The number of hydrogen-bond donors (Lipinski definition) is 0. The van der Waals surface area contributed by atoms with E-state index < -0.39 is 0 Å². The van der Waals surface area contributed by atoms with Crippen LogP contribution < -0.4 is 4.90 Å². The number of anilines is 2. The number of allylic oxidation sites excluding steroid dienone is 7. The molecule has 1 unspecified atom stereocenters. The van der Waals surface area contributed by atoms with E-state index in [9.17, 15) is 0 Å².